The van der Waals surface area contributed by atoms with Crippen LogP contribution in [0.15, 0.2) is 6.07 Å². The summed E-state index contributed by atoms with van der Waals surface area (Å²) in [7, 11) is 3.45. The van der Waals surface area contributed by atoms with Gasteiger partial charge in [0.15, 0.2) is 23.0 Å². The van der Waals surface area contributed by atoms with Crippen LogP contribution < -0.4 is 18.9 Å². The summed E-state index contributed by atoms with van der Waals surface area (Å²) in [6, 6.07) is 1.81. The van der Waals surface area contributed by atoms with Crippen molar-refractivity contribution < 1.29 is 43.2 Å². The number of carbonyl (C=O) groups excluding carboxylic acids is 3. The predicted octanol–water partition coefficient (Wildman–Crippen LogP) is 2.80. The van der Waals surface area contributed by atoms with E-state index >= 15 is 0 Å². The Morgan fingerprint density at radius 2 is 1.89 bits per heavy atom. The fourth-order valence-corrected chi connectivity index (χ4v) is 9.23. The molecule has 1 N–H and O–H groups in total. The lowest BCUT2D eigenvalue weighted by Gasteiger charge is -2.61. The molecule has 7 rings (SSSR count). The third kappa shape index (κ3) is 3.87. The molecule has 2 saturated heterocycles. The number of benzene rings is 2. The van der Waals surface area contributed by atoms with Gasteiger partial charge in [-0.3, -0.25) is 19.4 Å². The molecule has 4 bridgehead atoms. The summed E-state index contributed by atoms with van der Waals surface area (Å²) in [5.41, 5.74) is 4.16. The zero-order valence-electron chi connectivity index (χ0n) is 24.8. The highest BCUT2D eigenvalue weighted by Crippen LogP contribution is 2.63. The number of esters is 2. The molecule has 0 aromatic heterocycles. The minimum Gasteiger partial charge on any atom is -0.504 e. The predicted molar refractivity (Wildman–Crippen MR) is 155 cm³/mol. The number of rotatable bonds is 2. The molecule has 12 nitrogen and oxygen atoms in total. The van der Waals surface area contributed by atoms with Gasteiger partial charge in [0.2, 0.25) is 12.6 Å². The van der Waals surface area contributed by atoms with E-state index in [2.05, 4.69) is 15.9 Å². The number of hydrogen-bond acceptors (Lipinski definition) is 13. The zero-order chi connectivity index (χ0) is 31.2. The van der Waals surface area contributed by atoms with Crippen LogP contribution in [-0.4, -0.2) is 84.1 Å². The molecular weight excluding hydrogens is 590 g/mol. The first kappa shape index (κ1) is 28.8. The van der Waals surface area contributed by atoms with Crippen molar-refractivity contribution in [3.05, 3.63) is 39.4 Å². The van der Waals surface area contributed by atoms with Gasteiger partial charge in [-0.05, 0) is 38.4 Å². The average Bonchev–Trinajstić information content (AvgIpc) is 3.47. The number of aromatic hydroxyl groups is 1. The van der Waals surface area contributed by atoms with E-state index in [1.54, 1.807) is 6.92 Å². The lowest BCUT2D eigenvalue weighted by molar-refractivity contribution is -0.157. The topological polar surface area (TPSA) is 148 Å². The van der Waals surface area contributed by atoms with Gasteiger partial charge in [-0.15, -0.1) is 11.8 Å². The summed E-state index contributed by atoms with van der Waals surface area (Å²) < 4.78 is 29.0. The normalized spacial score (nSPS) is 28.7. The van der Waals surface area contributed by atoms with Crippen LogP contribution in [0.2, 0.25) is 0 Å². The van der Waals surface area contributed by atoms with Crippen molar-refractivity contribution in [3.8, 4) is 34.8 Å². The number of nitrogens with zero attached hydrogens (tertiary/aromatic N) is 3. The second-order valence-electron chi connectivity index (χ2n) is 11.8. The molecule has 0 radical (unpaired) electrons. The van der Waals surface area contributed by atoms with Crippen molar-refractivity contribution in [1.82, 2.24) is 9.80 Å². The third-order valence-electron chi connectivity index (χ3n) is 9.54. The second kappa shape index (κ2) is 10.3. The molecule has 13 heteroatoms. The lowest BCUT2D eigenvalue weighted by Crippen LogP contribution is -2.69. The first-order valence-corrected chi connectivity index (χ1v) is 15.4. The number of methoxy groups -OCH3 is 1. The van der Waals surface area contributed by atoms with Crippen LogP contribution in [0.5, 0.6) is 28.7 Å². The average molecular weight is 622 g/mol. The third-order valence-corrected chi connectivity index (χ3v) is 10.8. The number of nitriles is 1. The summed E-state index contributed by atoms with van der Waals surface area (Å²) in [6.45, 7) is 4.65. The first-order chi connectivity index (χ1) is 21.1. The molecule has 2 aromatic rings. The molecule has 2 aromatic carbocycles. The Kier molecular flexibility index (Phi) is 6.73. The summed E-state index contributed by atoms with van der Waals surface area (Å²) >= 11 is 1.22. The highest BCUT2D eigenvalue weighted by Gasteiger charge is 2.60. The Labute approximate surface area is 257 Å². The number of thioether (sulfide) groups is 1. The van der Waals surface area contributed by atoms with Crippen LogP contribution in [0.1, 0.15) is 57.6 Å². The van der Waals surface area contributed by atoms with Crippen molar-refractivity contribution in [2.75, 3.05) is 33.3 Å². The van der Waals surface area contributed by atoms with E-state index < -0.39 is 47.1 Å². The number of ether oxygens (including phenoxy) is 5. The SMILES string of the molecule is COc1c(C)cc2c(c1O)[C@@H]1[C@@H]3[C@@H]4SCC(=O)C(=O)OC[C@@H](c5c6c(c(C)c(OC(C)=O)c54)OCO6)N3[C@@H](C#N)[C@H](C2)N1C. The maximum Gasteiger partial charge on any atom is 0.375 e. The maximum absolute atomic E-state index is 12.9. The van der Waals surface area contributed by atoms with E-state index in [4.69, 9.17) is 23.7 Å². The fourth-order valence-electron chi connectivity index (χ4n) is 7.90. The van der Waals surface area contributed by atoms with E-state index in [1.165, 1.54) is 25.8 Å². The molecule has 6 atom stereocenters. The molecule has 5 aliphatic rings. The molecular formula is C31H31N3O9S. The van der Waals surface area contributed by atoms with E-state index in [-0.39, 0.29) is 30.9 Å². The minimum absolute atomic E-state index is 0.0240. The van der Waals surface area contributed by atoms with Gasteiger partial charge in [0.1, 0.15) is 18.4 Å². The van der Waals surface area contributed by atoms with E-state index in [0.717, 1.165) is 11.1 Å². The summed E-state index contributed by atoms with van der Waals surface area (Å²) in [5, 5.41) is 21.9. The summed E-state index contributed by atoms with van der Waals surface area (Å²) in [5.74, 6) is -0.855. The van der Waals surface area contributed by atoms with Gasteiger partial charge in [0, 0.05) is 41.3 Å². The molecule has 44 heavy (non-hydrogen) atoms. The van der Waals surface area contributed by atoms with Gasteiger partial charge in [-0.2, -0.15) is 5.26 Å². The Balaban J connectivity index is 1.57. The zero-order valence-corrected chi connectivity index (χ0v) is 25.6. The number of ketones is 1. The van der Waals surface area contributed by atoms with E-state index in [0.29, 0.717) is 51.7 Å². The van der Waals surface area contributed by atoms with Crippen LogP contribution in [0.25, 0.3) is 0 Å². The van der Waals surface area contributed by atoms with Crippen LogP contribution in [0.3, 0.4) is 0 Å². The number of carbonyl (C=O) groups is 3. The van der Waals surface area contributed by atoms with Crippen LogP contribution in [-0.2, 0) is 25.5 Å². The lowest BCUT2D eigenvalue weighted by atomic mass is 9.71. The molecule has 0 unspecified atom stereocenters. The maximum atomic E-state index is 12.9. The summed E-state index contributed by atoms with van der Waals surface area (Å²) in [6.07, 6.45) is 0.488. The molecule has 5 heterocycles. The van der Waals surface area contributed by atoms with Gasteiger partial charge in [-0.1, -0.05) is 6.07 Å². The van der Waals surface area contributed by atoms with Crippen LogP contribution >= 0.6 is 11.8 Å². The van der Waals surface area contributed by atoms with Gasteiger partial charge < -0.3 is 28.8 Å². The number of hydrogen-bond donors (Lipinski definition) is 1. The Hall–Kier alpha value is -3.99. The minimum atomic E-state index is -0.949. The van der Waals surface area contributed by atoms with Gasteiger partial charge in [0.25, 0.3) is 0 Å². The van der Waals surface area contributed by atoms with Crippen LogP contribution in [0, 0.1) is 25.2 Å². The molecule has 0 spiro atoms. The molecule has 2 fully saturated rings. The number of fused-ring (bicyclic) bond motifs is 9. The van der Waals surface area contributed by atoms with Gasteiger partial charge >= 0.3 is 11.9 Å². The highest BCUT2D eigenvalue weighted by molar-refractivity contribution is 8.00. The highest BCUT2D eigenvalue weighted by atomic mass is 32.2. The standard InChI is InChI=1S/C31H31N3O9S/c1-12-6-15-7-16-17(8-32)34-18-9-40-31(38)19(36)10-44-30(24(34)23(33(16)4)20(15)25(37)26(12)39-5)22-21(18)29-28(41-11-42-29)13(2)27(22)43-14(3)35/h6,16-18,23-24,30,37H,7,9-11H2,1-5H3/t16-,17-,18-,23+,24+,30+/m0/s1. The molecule has 230 valence electrons. The number of phenolic OH excluding ortho intramolecular Hbond substituents is 1. The number of phenols is 1. The molecule has 5 aliphatic heterocycles. The van der Waals surface area contributed by atoms with Crippen molar-refractivity contribution >= 4 is 29.5 Å². The van der Waals surface area contributed by atoms with E-state index in [9.17, 15) is 24.8 Å². The number of aryl methyl sites for hydroxylation is 1. The van der Waals surface area contributed by atoms with Crippen molar-refractivity contribution in [2.45, 2.75) is 62.7 Å². The number of likely N-dealkylation sites (N-methyl/N-ethyl adjacent to an activating group) is 1. The van der Waals surface area contributed by atoms with Crippen molar-refractivity contribution in [1.29, 1.82) is 5.26 Å². The number of cyclic esters (lactones) is 1. The van der Waals surface area contributed by atoms with Gasteiger partial charge in [0.05, 0.1) is 36.3 Å². The largest absolute Gasteiger partial charge is 0.504 e. The second-order valence-corrected chi connectivity index (χ2v) is 12.9. The molecule has 0 amide bonds. The Bertz CT molecular complexity index is 1690. The Morgan fingerprint density at radius 1 is 1.14 bits per heavy atom. The fraction of sp³-hybridized carbons (Fsp3) is 0.484. The molecule has 0 aliphatic carbocycles. The van der Waals surface area contributed by atoms with Crippen molar-refractivity contribution in [3.63, 3.8) is 0 Å². The summed E-state index contributed by atoms with van der Waals surface area (Å²) in [4.78, 5) is 42.3. The number of Topliss-reactive ketones (excluding diaryl/α,β-unsaturated/α-hetero) is 1. The van der Waals surface area contributed by atoms with E-state index in [1.807, 2.05) is 20.0 Å². The smallest absolute Gasteiger partial charge is 0.375 e. The Morgan fingerprint density at radius 3 is 2.59 bits per heavy atom. The number of piperazine rings is 1. The quantitative estimate of drug-likeness (QED) is 0.298. The monoisotopic (exact) mass is 621 g/mol. The van der Waals surface area contributed by atoms with Gasteiger partial charge in [-0.25, -0.2) is 4.79 Å². The molecule has 0 saturated carbocycles. The first-order valence-electron chi connectivity index (χ1n) is 14.3. The van der Waals surface area contributed by atoms with Crippen molar-refractivity contribution in [2.24, 2.45) is 0 Å². The van der Waals surface area contributed by atoms with Crippen LogP contribution in [0.4, 0.5) is 0 Å².